The monoisotopic (exact) mass is 442 g/mol. The highest BCUT2D eigenvalue weighted by atomic mass is 79.9. The van der Waals surface area contributed by atoms with Gasteiger partial charge in [0.15, 0.2) is 6.10 Å². The van der Waals surface area contributed by atoms with Gasteiger partial charge in [0.05, 0.1) is 0 Å². The predicted octanol–water partition coefficient (Wildman–Crippen LogP) is -1.42. The molecule has 1 amide bonds. The Morgan fingerprint density at radius 3 is 2.67 bits per heavy atom. The molecule has 0 bridgehead atoms. The van der Waals surface area contributed by atoms with E-state index in [1.54, 1.807) is 0 Å². The van der Waals surface area contributed by atoms with E-state index < -0.39 is 36.4 Å². The predicted molar refractivity (Wildman–Crippen MR) is 94.8 cm³/mol. The number of nitrogens with zero attached hydrogens (tertiary/aromatic N) is 2. The van der Waals surface area contributed by atoms with Crippen LogP contribution in [-0.2, 0) is 17.2 Å². The number of benzene rings is 1. The molecule has 7 N–H and O–H groups in total. The number of nitrogens with two attached hydrogens (primary N) is 1. The van der Waals surface area contributed by atoms with Gasteiger partial charge >= 0.3 is 0 Å². The summed E-state index contributed by atoms with van der Waals surface area (Å²) in [5.41, 5.74) is 6.12. The summed E-state index contributed by atoms with van der Waals surface area (Å²) in [6.07, 6.45) is -4.21. The fraction of sp³-hybridized carbons (Fsp3) is 0.375. The highest BCUT2D eigenvalue weighted by molar-refractivity contribution is 9.10. The van der Waals surface area contributed by atoms with Gasteiger partial charge in [-0.25, -0.2) is 4.98 Å². The van der Waals surface area contributed by atoms with E-state index in [9.17, 15) is 25.2 Å². The van der Waals surface area contributed by atoms with Crippen molar-refractivity contribution in [3.63, 3.8) is 0 Å². The van der Waals surface area contributed by atoms with Gasteiger partial charge in [0.25, 0.3) is 11.8 Å². The molecular formula is C16H19BrN4O6. The second-order valence-electron chi connectivity index (χ2n) is 6.10. The molecule has 1 aromatic heterocycles. The van der Waals surface area contributed by atoms with Crippen LogP contribution in [0.15, 0.2) is 41.1 Å². The molecular weight excluding hydrogens is 424 g/mol. The Labute approximate surface area is 162 Å². The van der Waals surface area contributed by atoms with E-state index in [-0.39, 0.29) is 12.4 Å². The summed E-state index contributed by atoms with van der Waals surface area (Å²) in [6, 6.07) is 7.29. The molecule has 1 aliphatic rings. The number of carbonyl (C=O) groups excluding carboxylic acids is 1. The molecule has 146 valence electrons. The van der Waals surface area contributed by atoms with Crippen molar-refractivity contribution in [3.8, 4) is 0 Å². The molecule has 1 aromatic carbocycles. The Balaban J connectivity index is 1.79. The smallest absolute Gasteiger partial charge is 0.287 e. The lowest BCUT2D eigenvalue weighted by atomic mass is 10.1. The van der Waals surface area contributed by atoms with Crippen molar-refractivity contribution in [2.75, 3.05) is 0 Å². The van der Waals surface area contributed by atoms with E-state index >= 15 is 0 Å². The zero-order valence-electron chi connectivity index (χ0n) is 13.9. The van der Waals surface area contributed by atoms with E-state index in [1.165, 1.54) is 12.4 Å². The van der Waals surface area contributed by atoms with Crippen molar-refractivity contribution in [3.05, 3.63) is 52.5 Å². The van der Waals surface area contributed by atoms with Crippen molar-refractivity contribution >= 4 is 21.8 Å². The molecule has 10 nitrogen and oxygen atoms in total. The van der Waals surface area contributed by atoms with Crippen molar-refractivity contribution in [1.29, 1.82) is 0 Å². The number of aromatic nitrogens is 2. The summed E-state index contributed by atoms with van der Waals surface area (Å²) < 4.78 is 6.94. The van der Waals surface area contributed by atoms with Crippen molar-refractivity contribution < 1.29 is 30.0 Å². The first kappa shape index (κ1) is 19.9. The van der Waals surface area contributed by atoms with Crippen LogP contribution in [0.1, 0.15) is 16.2 Å². The molecule has 0 radical (unpaired) electrons. The van der Waals surface area contributed by atoms with Crippen LogP contribution in [0.2, 0.25) is 0 Å². The summed E-state index contributed by atoms with van der Waals surface area (Å²) >= 11 is 3.32. The summed E-state index contributed by atoms with van der Waals surface area (Å²) in [7, 11) is 0. The number of amides is 1. The SMILES string of the molecule is NC(O)[C@H]1O[C@@](O)(n2ccnc2C(=O)NCc2ccc(Br)cc2)[C@H](O)[C@@H]1O. The maximum atomic E-state index is 12.5. The number of aliphatic hydroxyl groups is 4. The van der Waals surface area contributed by atoms with E-state index in [0.29, 0.717) is 0 Å². The molecule has 1 aliphatic heterocycles. The first-order chi connectivity index (χ1) is 12.7. The number of hydrogen-bond donors (Lipinski definition) is 6. The number of rotatable bonds is 5. The molecule has 0 spiro atoms. The van der Waals surface area contributed by atoms with Gasteiger partial charge in [-0.1, -0.05) is 28.1 Å². The van der Waals surface area contributed by atoms with E-state index in [2.05, 4.69) is 26.2 Å². The Hall–Kier alpha value is -1.86. The Kier molecular flexibility index (Phi) is 5.63. The number of carbonyl (C=O) groups is 1. The normalized spacial score (nSPS) is 28.9. The number of ether oxygens (including phenoxy) is 1. The van der Waals surface area contributed by atoms with Gasteiger partial charge < -0.3 is 36.2 Å². The Morgan fingerprint density at radius 2 is 2.07 bits per heavy atom. The molecule has 1 fully saturated rings. The third-order valence-electron chi connectivity index (χ3n) is 4.25. The van der Waals surface area contributed by atoms with Crippen LogP contribution < -0.4 is 11.1 Å². The van der Waals surface area contributed by atoms with Gasteiger partial charge in [-0.2, -0.15) is 0 Å². The minimum atomic E-state index is -2.52. The number of aliphatic hydroxyl groups excluding tert-OH is 3. The average molecular weight is 443 g/mol. The number of halogens is 1. The largest absolute Gasteiger partial charge is 0.387 e. The Morgan fingerprint density at radius 1 is 1.41 bits per heavy atom. The lowest BCUT2D eigenvalue weighted by Gasteiger charge is -2.28. The first-order valence-electron chi connectivity index (χ1n) is 8.00. The molecule has 2 heterocycles. The quantitative estimate of drug-likeness (QED) is 0.307. The molecule has 5 atom stereocenters. The zero-order valence-corrected chi connectivity index (χ0v) is 15.5. The van der Waals surface area contributed by atoms with Crippen LogP contribution >= 0.6 is 15.9 Å². The van der Waals surface area contributed by atoms with Gasteiger partial charge in [-0.15, -0.1) is 0 Å². The van der Waals surface area contributed by atoms with E-state index in [1.807, 2.05) is 24.3 Å². The summed E-state index contributed by atoms with van der Waals surface area (Å²) in [5, 5.41) is 42.9. The van der Waals surface area contributed by atoms with Gasteiger partial charge in [-0.3, -0.25) is 9.36 Å². The fourth-order valence-electron chi connectivity index (χ4n) is 2.81. The van der Waals surface area contributed by atoms with Gasteiger partial charge in [0.2, 0.25) is 5.82 Å². The maximum Gasteiger partial charge on any atom is 0.287 e. The molecule has 1 unspecified atom stereocenters. The Bertz CT molecular complexity index is 813. The molecule has 1 saturated heterocycles. The van der Waals surface area contributed by atoms with Crippen LogP contribution in [-0.4, -0.2) is 60.4 Å². The van der Waals surface area contributed by atoms with Gasteiger partial charge in [-0.05, 0) is 17.7 Å². The van der Waals surface area contributed by atoms with Crippen molar-refractivity contribution in [2.24, 2.45) is 5.73 Å². The second-order valence-corrected chi connectivity index (χ2v) is 7.01. The highest BCUT2D eigenvalue weighted by Gasteiger charge is 2.57. The molecule has 2 aromatic rings. The molecule has 3 rings (SSSR count). The van der Waals surface area contributed by atoms with E-state index in [4.69, 9.17) is 10.5 Å². The van der Waals surface area contributed by atoms with E-state index in [0.717, 1.165) is 14.6 Å². The molecule has 11 heteroatoms. The third-order valence-corrected chi connectivity index (χ3v) is 4.78. The van der Waals surface area contributed by atoms with Gasteiger partial charge in [0, 0.05) is 23.4 Å². The van der Waals surface area contributed by atoms with Crippen molar-refractivity contribution in [1.82, 2.24) is 14.9 Å². The lowest BCUT2D eigenvalue weighted by Crippen LogP contribution is -2.47. The zero-order chi connectivity index (χ0) is 19.8. The average Bonchev–Trinajstić information content (AvgIpc) is 3.21. The highest BCUT2D eigenvalue weighted by Crippen LogP contribution is 2.34. The summed E-state index contributed by atoms with van der Waals surface area (Å²) in [6.45, 7) is 0.202. The van der Waals surface area contributed by atoms with Crippen LogP contribution in [0.25, 0.3) is 0 Å². The van der Waals surface area contributed by atoms with Crippen LogP contribution in [0, 0.1) is 0 Å². The summed E-state index contributed by atoms with van der Waals surface area (Å²) in [4.78, 5) is 16.4. The third kappa shape index (κ3) is 3.75. The molecule has 0 saturated carbocycles. The van der Waals surface area contributed by atoms with Crippen LogP contribution in [0.5, 0.6) is 0 Å². The number of imidazole rings is 1. The minimum absolute atomic E-state index is 0.202. The number of nitrogens with one attached hydrogen (secondary N) is 1. The number of hydrogen-bond acceptors (Lipinski definition) is 8. The van der Waals surface area contributed by atoms with Crippen LogP contribution in [0.3, 0.4) is 0 Å². The molecule has 0 aliphatic carbocycles. The minimum Gasteiger partial charge on any atom is -0.387 e. The van der Waals surface area contributed by atoms with Gasteiger partial charge in [0.1, 0.15) is 18.4 Å². The molecule has 27 heavy (non-hydrogen) atoms. The first-order valence-corrected chi connectivity index (χ1v) is 8.80. The van der Waals surface area contributed by atoms with Crippen LogP contribution in [0.4, 0.5) is 0 Å². The lowest BCUT2D eigenvalue weighted by molar-refractivity contribution is -0.293. The van der Waals surface area contributed by atoms with Crippen molar-refractivity contribution in [2.45, 2.75) is 37.0 Å². The topological polar surface area (TPSA) is 163 Å². The maximum absolute atomic E-state index is 12.5. The summed E-state index contributed by atoms with van der Waals surface area (Å²) in [5.74, 6) is -3.42. The standard InChI is InChI=1S/C16H19BrN4O6/c17-9-3-1-8(2-4-9)7-20-15(25)14-19-5-6-21(14)16(26)12(23)10(22)11(27-16)13(18)24/h1-6,10-13,22-24,26H,7,18H2,(H,20,25)/t10-,11+,12-,13?,16-/m1/s1. The second kappa shape index (κ2) is 7.64. The fourth-order valence-corrected chi connectivity index (χ4v) is 3.07.